The molecule has 0 aliphatic rings. The van der Waals surface area contributed by atoms with Gasteiger partial charge >= 0.3 is 6.03 Å². The van der Waals surface area contributed by atoms with Crippen molar-refractivity contribution in [3.8, 4) is 22.7 Å². The zero-order valence-electron chi connectivity index (χ0n) is 18.4. The van der Waals surface area contributed by atoms with E-state index in [-0.39, 0.29) is 11.8 Å². The van der Waals surface area contributed by atoms with Crippen LogP contribution < -0.4 is 21.1 Å². The van der Waals surface area contributed by atoms with Crippen LogP contribution in [0, 0.1) is 0 Å². The molecule has 7 nitrogen and oxygen atoms in total. The second-order valence-corrected chi connectivity index (χ2v) is 8.36. The Bertz CT molecular complexity index is 1270. The number of nitrogens with one attached hydrogen (secondary N) is 2. The maximum atomic E-state index is 12.7. The van der Waals surface area contributed by atoms with Crippen molar-refractivity contribution in [2.24, 2.45) is 0 Å². The van der Waals surface area contributed by atoms with E-state index < -0.39 is 0 Å². The molecule has 0 saturated heterocycles. The first kappa shape index (κ1) is 23.5. The monoisotopic (exact) mass is 495 g/mol. The minimum absolute atomic E-state index is 0.289. The molecule has 0 spiro atoms. The number of hydrogen-bond donors (Lipinski definition) is 3. The summed E-state index contributed by atoms with van der Waals surface area (Å²) in [5.41, 5.74) is 9.90. The lowest BCUT2D eigenvalue weighted by Crippen LogP contribution is -2.30. The number of ether oxygens (including phenoxy) is 1. The number of nitrogens with two attached hydrogens (primary N) is 1. The van der Waals surface area contributed by atoms with Crippen LogP contribution in [0.3, 0.4) is 0 Å². The Morgan fingerprint density at radius 2 is 1.59 bits per heavy atom. The van der Waals surface area contributed by atoms with Gasteiger partial charge in [0.1, 0.15) is 17.1 Å². The second-order valence-electron chi connectivity index (χ2n) is 7.48. The Morgan fingerprint density at radius 1 is 0.971 bits per heavy atom. The summed E-state index contributed by atoms with van der Waals surface area (Å²) in [5.74, 6) is 1.08. The van der Waals surface area contributed by atoms with Crippen LogP contribution in [-0.2, 0) is 6.42 Å². The van der Waals surface area contributed by atoms with Gasteiger partial charge < -0.3 is 21.1 Å². The molecule has 0 aliphatic carbocycles. The summed E-state index contributed by atoms with van der Waals surface area (Å²) in [6, 6.07) is 21.6. The van der Waals surface area contributed by atoms with E-state index in [9.17, 15) is 4.79 Å². The number of halogens is 2. The van der Waals surface area contributed by atoms with E-state index in [4.69, 9.17) is 33.7 Å². The van der Waals surface area contributed by atoms with Crippen LogP contribution in [0.15, 0.2) is 72.8 Å². The Morgan fingerprint density at radius 3 is 2.21 bits per heavy atom. The largest absolute Gasteiger partial charge is 0.497 e. The van der Waals surface area contributed by atoms with Gasteiger partial charge in [-0.25, -0.2) is 9.48 Å². The molecule has 0 saturated carbocycles. The summed E-state index contributed by atoms with van der Waals surface area (Å²) in [6.07, 6.45) is 0.668. The summed E-state index contributed by atoms with van der Waals surface area (Å²) < 4.78 is 6.73. The van der Waals surface area contributed by atoms with Gasteiger partial charge in [0, 0.05) is 22.2 Å². The fraction of sp³-hybridized carbons (Fsp3) is 0.120. The highest BCUT2D eigenvalue weighted by Gasteiger charge is 2.20. The van der Waals surface area contributed by atoms with Crippen molar-refractivity contribution in [1.82, 2.24) is 15.1 Å². The van der Waals surface area contributed by atoms with Gasteiger partial charge in [-0.3, -0.25) is 0 Å². The first-order valence-corrected chi connectivity index (χ1v) is 11.3. The number of hydrogen-bond acceptors (Lipinski definition) is 4. The average molecular weight is 496 g/mol. The van der Waals surface area contributed by atoms with Gasteiger partial charge in [-0.1, -0.05) is 47.5 Å². The lowest BCUT2D eigenvalue weighted by Gasteiger charge is -2.10. The van der Waals surface area contributed by atoms with Gasteiger partial charge in [0.05, 0.1) is 12.8 Å². The number of carbonyl (C=O) groups excluding carboxylic acids is 1. The third kappa shape index (κ3) is 5.44. The van der Waals surface area contributed by atoms with E-state index in [0.29, 0.717) is 40.1 Å². The number of aromatic nitrogens is 2. The molecule has 1 heterocycles. The first-order valence-electron chi connectivity index (χ1n) is 10.5. The number of rotatable bonds is 7. The number of nitrogen functional groups attached to an aromatic ring is 1. The van der Waals surface area contributed by atoms with E-state index in [1.54, 1.807) is 48.2 Å². The number of amides is 2. The van der Waals surface area contributed by atoms with Gasteiger partial charge in [-0.2, -0.15) is 5.10 Å². The van der Waals surface area contributed by atoms with Gasteiger partial charge in [-0.05, 0) is 60.5 Å². The van der Waals surface area contributed by atoms with Crippen molar-refractivity contribution >= 4 is 40.7 Å². The van der Waals surface area contributed by atoms with Crippen LogP contribution in [0.5, 0.6) is 5.75 Å². The predicted molar refractivity (Wildman–Crippen MR) is 137 cm³/mol. The second kappa shape index (κ2) is 10.5. The van der Waals surface area contributed by atoms with Crippen molar-refractivity contribution in [2.75, 3.05) is 24.7 Å². The van der Waals surface area contributed by atoms with Crippen molar-refractivity contribution < 1.29 is 9.53 Å². The minimum Gasteiger partial charge on any atom is -0.497 e. The molecule has 0 bridgehead atoms. The number of nitrogens with zero attached hydrogens (tertiary/aromatic N) is 2. The molecule has 0 unspecified atom stereocenters. The van der Waals surface area contributed by atoms with E-state index in [2.05, 4.69) is 15.7 Å². The standard InChI is InChI=1S/C25H23Cl2N5O2/c1-34-21-12-2-16(3-13-21)14-15-29-25(33)30-23-22(17-4-6-18(26)7-5-17)31-32(24(23)28)20-10-8-19(27)9-11-20/h2-13H,14-15,28H2,1H3,(H2,29,30,33). The van der Waals surface area contributed by atoms with Crippen LogP contribution in [0.25, 0.3) is 16.9 Å². The maximum Gasteiger partial charge on any atom is 0.319 e. The van der Waals surface area contributed by atoms with E-state index in [1.165, 1.54) is 0 Å². The molecular weight excluding hydrogens is 473 g/mol. The number of benzene rings is 3. The predicted octanol–water partition coefficient (Wildman–Crippen LogP) is 5.80. The Labute approximate surface area is 207 Å². The molecule has 0 fully saturated rings. The molecule has 4 rings (SSSR count). The molecule has 174 valence electrons. The summed E-state index contributed by atoms with van der Waals surface area (Å²) >= 11 is 12.1. The van der Waals surface area contributed by atoms with Crippen LogP contribution in [0.2, 0.25) is 10.0 Å². The Kier molecular flexibility index (Phi) is 7.25. The number of methoxy groups -OCH3 is 1. The molecule has 0 radical (unpaired) electrons. The van der Waals surface area contributed by atoms with Gasteiger partial charge in [0.15, 0.2) is 5.82 Å². The third-order valence-corrected chi connectivity index (χ3v) is 5.71. The SMILES string of the molecule is COc1ccc(CCNC(=O)Nc2c(-c3ccc(Cl)cc3)nn(-c3ccc(Cl)cc3)c2N)cc1. The zero-order chi connectivity index (χ0) is 24.1. The lowest BCUT2D eigenvalue weighted by molar-refractivity contribution is 0.252. The molecule has 4 aromatic rings. The van der Waals surface area contributed by atoms with Crippen molar-refractivity contribution in [3.05, 3.63) is 88.4 Å². The molecule has 1 aromatic heterocycles. The molecule has 9 heteroatoms. The van der Waals surface area contributed by atoms with Crippen LogP contribution >= 0.6 is 23.2 Å². The van der Waals surface area contributed by atoms with Gasteiger partial charge in [-0.15, -0.1) is 0 Å². The normalized spacial score (nSPS) is 10.7. The highest BCUT2D eigenvalue weighted by molar-refractivity contribution is 6.30. The average Bonchev–Trinajstić information content (AvgIpc) is 3.16. The van der Waals surface area contributed by atoms with Crippen molar-refractivity contribution in [3.63, 3.8) is 0 Å². The number of anilines is 2. The fourth-order valence-electron chi connectivity index (χ4n) is 3.41. The Balaban J connectivity index is 1.54. The number of urea groups is 1. The van der Waals surface area contributed by atoms with Crippen molar-refractivity contribution in [1.29, 1.82) is 0 Å². The molecule has 4 N–H and O–H groups in total. The van der Waals surface area contributed by atoms with Crippen LogP contribution in [0.1, 0.15) is 5.56 Å². The summed E-state index contributed by atoms with van der Waals surface area (Å²) in [6.45, 7) is 0.444. The van der Waals surface area contributed by atoms with Gasteiger partial charge in [0.2, 0.25) is 0 Å². The highest BCUT2D eigenvalue weighted by Crippen LogP contribution is 2.34. The first-order chi connectivity index (χ1) is 16.4. The molecule has 3 aromatic carbocycles. The van der Waals surface area contributed by atoms with E-state index in [0.717, 1.165) is 16.9 Å². The minimum atomic E-state index is -0.383. The summed E-state index contributed by atoms with van der Waals surface area (Å²) in [7, 11) is 1.62. The maximum absolute atomic E-state index is 12.7. The third-order valence-electron chi connectivity index (χ3n) is 5.21. The Hall–Kier alpha value is -3.68. The zero-order valence-corrected chi connectivity index (χ0v) is 19.9. The summed E-state index contributed by atoms with van der Waals surface area (Å²) in [5, 5.41) is 11.6. The fourth-order valence-corrected chi connectivity index (χ4v) is 3.67. The van der Waals surface area contributed by atoms with E-state index >= 15 is 0 Å². The van der Waals surface area contributed by atoms with Crippen LogP contribution in [0.4, 0.5) is 16.3 Å². The lowest BCUT2D eigenvalue weighted by atomic mass is 10.1. The smallest absolute Gasteiger partial charge is 0.319 e. The van der Waals surface area contributed by atoms with Crippen LogP contribution in [-0.4, -0.2) is 29.5 Å². The van der Waals surface area contributed by atoms with Crippen molar-refractivity contribution in [2.45, 2.75) is 6.42 Å². The molecule has 0 atom stereocenters. The topological polar surface area (TPSA) is 94.2 Å². The number of carbonyl (C=O) groups is 1. The molecule has 34 heavy (non-hydrogen) atoms. The molecule has 2 amide bonds. The van der Waals surface area contributed by atoms with Gasteiger partial charge in [0.25, 0.3) is 0 Å². The quantitative estimate of drug-likeness (QED) is 0.301. The summed E-state index contributed by atoms with van der Waals surface area (Å²) in [4.78, 5) is 12.7. The van der Waals surface area contributed by atoms with E-state index in [1.807, 2.05) is 36.4 Å². The highest BCUT2D eigenvalue weighted by atomic mass is 35.5. The molecule has 0 aliphatic heterocycles. The molecular formula is C25H23Cl2N5O2.